The molecule has 0 saturated carbocycles. The Morgan fingerprint density at radius 1 is 1.50 bits per heavy atom. The van der Waals surface area contributed by atoms with Gasteiger partial charge >= 0.3 is 0 Å². The standard InChI is InChI=1S/C11H15ClFN/c1-7-3-4-9(13)11(12)10(7)8(2)5-6-14/h3-4,8H,5-6,14H2,1-2H3. The number of hydrogen-bond donors (Lipinski definition) is 1. The Morgan fingerprint density at radius 2 is 2.14 bits per heavy atom. The summed E-state index contributed by atoms with van der Waals surface area (Å²) in [5, 5.41) is 0.242. The molecule has 0 spiro atoms. The van der Waals surface area contributed by atoms with E-state index in [9.17, 15) is 4.39 Å². The van der Waals surface area contributed by atoms with Gasteiger partial charge in [0.2, 0.25) is 0 Å². The van der Waals surface area contributed by atoms with Gasteiger partial charge in [-0.2, -0.15) is 0 Å². The van der Waals surface area contributed by atoms with Crippen LogP contribution in [0.3, 0.4) is 0 Å². The zero-order chi connectivity index (χ0) is 10.7. The van der Waals surface area contributed by atoms with E-state index in [1.165, 1.54) is 6.07 Å². The fourth-order valence-electron chi connectivity index (χ4n) is 1.66. The molecule has 0 aliphatic rings. The Labute approximate surface area is 89.1 Å². The maximum Gasteiger partial charge on any atom is 0.142 e. The maximum atomic E-state index is 13.2. The average molecular weight is 216 g/mol. The van der Waals surface area contributed by atoms with Crippen LogP contribution in [0.4, 0.5) is 4.39 Å². The van der Waals surface area contributed by atoms with Gasteiger partial charge in [0.15, 0.2) is 0 Å². The monoisotopic (exact) mass is 215 g/mol. The van der Waals surface area contributed by atoms with Gasteiger partial charge in [0, 0.05) is 0 Å². The second-order valence-corrected chi connectivity index (χ2v) is 3.95. The number of aryl methyl sites for hydroxylation is 1. The number of rotatable bonds is 3. The van der Waals surface area contributed by atoms with Crippen LogP contribution in [0.2, 0.25) is 5.02 Å². The van der Waals surface area contributed by atoms with E-state index >= 15 is 0 Å². The summed E-state index contributed by atoms with van der Waals surface area (Å²) >= 11 is 5.91. The lowest BCUT2D eigenvalue weighted by Gasteiger charge is -2.15. The van der Waals surface area contributed by atoms with E-state index in [0.29, 0.717) is 6.54 Å². The van der Waals surface area contributed by atoms with E-state index in [4.69, 9.17) is 17.3 Å². The normalized spacial score (nSPS) is 12.9. The van der Waals surface area contributed by atoms with Crippen LogP contribution in [-0.4, -0.2) is 6.54 Å². The largest absolute Gasteiger partial charge is 0.330 e. The van der Waals surface area contributed by atoms with Gasteiger partial charge in [-0.25, -0.2) is 4.39 Å². The van der Waals surface area contributed by atoms with Crippen molar-refractivity contribution >= 4 is 11.6 Å². The molecule has 0 bridgehead atoms. The van der Waals surface area contributed by atoms with Gasteiger partial charge in [0.25, 0.3) is 0 Å². The maximum absolute atomic E-state index is 13.2. The van der Waals surface area contributed by atoms with Crippen LogP contribution < -0.4 is 5.73 Å². The quantitative estimate of drug-likeness (QED) is 0.823. The molecule has 0 fully saturated rings. The molecule has 0 radical (unpaired) electrons. The highest BCUT2D eigenvalue weighted by atomic mass is 35.5. The minimum atomic E-state index is -0.351. The number of benzene rings is 1. The minimum Gasteiger partial charge on any atom is -0.330 e. The molecule has 2 N–H and O–H groups in total. The molecule has 0 heterocycles. The van der Waals surface area contributed by atoms with Crippen molar-refractivity contribution in [3.63, 3.8) is 0 Å². The molecule has 14 heavy (non-hydrogen) atoms. The van der Waals surface area contributed by atoms with Crippen molar-refractivity contribution in [1.82, 2.24) is 0 Å². The van der Waals surface area contributed by atoms with E-state index in [0.717, 1.165) is 17.5 Å². The highest BCUT2D eigenvalue weighted by Crippen LogP contribution is 2.31. The summed E-state index contributed by atoms with van der Waals surface area (Å²) in [4.78, 5) is 0. The van der Waals surface area contributed by atoms with Gasteiger partial charge < -0.3 is 5.73 Å². The molecule has 1 atom stereocenters. The third-order valence-electron chi connectivity index (χ3n) is 2.44. The van der Waals surface area contributed by atoms with Crippen molar-refractivity contribution in [3.8, 4) is 0 Å². The molecule has 1 aromatic rings. The van der Waals surface area contributed by atoms with Crippen LogP contribution in [-0.2, 0) is 0 Å². The molecule has 0 aromatic heterocycles. The SMILES string of the molecule is Cc1ccc(F)c(Cl)c1C(C)CCN. The van der Waals surface area contributed by atoms with Crippen molar-refractivity contribution in [2.24, 2.45) is 5.73 Å². The summed E-state index contributed by atoms with van der Waals surface area (Å²) in [5.74, 6) is -0.140. The molecule has 1 nitrogen and oxygen atoms in total. The summed E-state index contributed by atoms with van der Waals surface area (Å²) in [6.45, 7) is 4.54. The first kappa shape index (κ1) is 11.5. The van der Waals surface area contributed by atoms with E-state index in [-0.39, 0.29) is 16.8 Å². The second kappa shape index (κ2) is 4.76. The van der Waals surface area contributed by atoms with Crippen molar-refractivity contribution in [3.05, 3.63) is 34.1 Å². The summed E-state index contributed by atoms with van der Waals surface area (Å²) in [6, 6.07) is 3.15. The molecule has 0 aliphatic heterocycles. The second-order valence-electron chi connectivity index (χ2n) is 3.57. The Kier molecular flexibility index (Phi) is 3.90. The Balaban J connectivity index is 3.11. The predicted octanol–water partition coefficient (Wildman–Crippen LogP) is 3.24. The van der Waals surface area contributed by atoms with Crippen LogP contribution in [0.25, 0.3) is 0 Å². The highest BCUT2D eigenvalue weighted by molar-refractivity contribution is 6.31. The first-order valence-electron chi connectivity index (χ1n) is 4.72. The fraction of sp³-hybridized carbons (Fsp3) is 0.455. The topological polar surface area (TPSA) is 26.0 Å². The molecule has 0 saturated heterocycles. The summed E-state index contributed by atoms with van der Waals surface area (Å²) in [6.07, 6.45) is 0.823. The van der Waals surface area contributed by atoms with Crippen molar-refractivity contribution in [1.29, 1.82) is 0 Å². The molecule has 1 unspecified atom stereocenters. The van der Waals surface area contributed by atoms with Crippen LogP contribution in [0.5, 0.6) is 0 Å². The molecule has 1 rings (SSSR count). The van der Waals surface area contributed by atoms with Crippen molar-refractivity contribution in [2.45, 2.75) is 26.2 Å². The van der Waals surface area contributed by atoms with Gasteiger partial charge in [-0.15, -0.1) is 0 Å². The van der Waals surface area contributed by atoms with Gasteiger partial charge in [-0.1, -0.05) is 24.6 Å². The zero-order valence-electron chi connectivity index (χ0n) is 8.48. The summed E-state index contributed by atoms with van der Waals surface area (Å²) in [5.41, 5.74) is 7.38. The van der Waals surface area contributed by atoms with Gasteiger partial charge in [0.1, 0.15) is 5.82 Å². The Hall–Kier alpha value is -0.600. The first-order chi connectivity index (χ1) is 6.57. The lowest BCUT2D eigenvalue weighted by Crippen LogP contribution is -2.07. The lowest BCUT2D eigenvalue weighted by molar-refractivity contribution is 0.616. The molecular weight excluding hydrogens is 201 g/mol. The highest BCUT2D eigenvalue weighted by Gasteiger charge is 2.14. The molecule has 1 aromatic carbocycles. The summed E-state index contributed by atoms with van der Waals surface area (Å²) < 4.78 is 13.2. The molecule has 3 heteroatoms. The third kappa shape index (κ3) is 2.25. The predicted molar refractivity (Wildman–Crippen MR) is 58.2 cm³/mol. The molecule has 78 valence electrons. The Bertz CT molecular complexity index is 325. The van der Waals surface area contributed by atoms with Crippen LogP contribution in [0.1, 0.15) is 30.4 Å². The van der Waals surface area contributed by atoms with E-state index in [1.54, 1.807) is 6.07 Å². The van der Waals surface area contributed by atoms with Crippen LogP contribution in [0.15, 0.2) is 12.1 Å². The third-order valence-corrected chi connectivity index (χ3v) is 2.83. The number of nitrogens with two attached hydrogens (primary N) is 1. The molecule has 0 amide bonds. The van der Waals surface area contributed by atoms with E-state index in [1.807, 2.05) is 13.8 Å². The number of hydrogen-bond acceptors (Lipinski definition) is 1. The van der Waals surface area contributed by atoms with Crippen molar-refractivity contribution < 1.29 is 4.39 Å². The smallest absolute Gasteiger partial charge is 0.142 e. The first-order valence-corrected chi connectivity index (χ1v) is 5.10. The Morgan fingerprint density at radius 3 is 2.71 bits per heavy atom. The molecule has 0 aliphatic carbocycles. The van der Waals surface area contributed by atoms with Crippen molar-refractivity contribution in [2.75, 3.05) is 6.54 Å². The fourth-order valence-corrected chi connectivity index (χ4v) is 2.06. The average Bonchev–Trinajstić information content (AvgIpc) is 2.13. The zero-order valence-corrected chi connectivity index (χ0v) is 9.24. The van der Waals surface area contributed by atoms with Crippen LogP contribution >= 0.6 is 11.6 Å². The van der Waals surface area contributed by atoms with Gasteiger partial charge in [-0.05, 0) is 43.0 Å². The van der Waals surface area contributed by atoms with Crippen LogP contribution in [0, 0.1) is 12.7 Å². The molecular formula is C11H15ClFN. The lowest BCUT2D eigenvalue weighted by atomic mass is 9.93. The van der Waals surface area contributed by atoms with E-state index < -0.39 is 0 Å². The van der Waals surface area contributed by atoms with Gasteiger partial charge in [0.05, 0.1) is 5.02 Å². The van der Waals surface area contributed by atoms with E-state index in [2.05, 4.69) is 0 Å². The summed E-state index contributed by atoms with van der Waals surface area (Å²) in [7, 11) is 0. The number of halogens is 2. The minimum absolute atomic E-state index is 0.211. The van der Waals surface area contributed by atoms with Gasteiger partial charge in [-0.3, -0.25) is 0 Å².